The lowest BCUT2D eigenvalue weighted by molar-refractivity contribution is 0.416. The topological polar surface area (TPSA) is 82.8 Å². The summed E-state index contributed by atoms with van der Waals surface area (Å²) in [5.41, 5.74) is 7.61. The van der Waals surface area contributed by atoms with Crippen LogP contribution in [-0.4, -0.2) is 26.0 Å². The van der Waals surface area contributed by atoms with E-state index in [2.05, 4.69) is 22.2 Å². The molecule has 2 aromatic heterocycles. The van der Waals surface area contributed by atoms with Crippen LogP contribution < -0.4 is 5.73 Å². The van der Waals surface area contributed by atoms with Gasteiger partial charge in [-0.2, -0.15) is 10.1 Å². The van der Waals surface area contributed by atoms with Gasteiger partial charge in [0.05, 0.1) is 5.69 Å². The van der Waals surface area contributed by atoms with Crippen molar-refractivity contribution in [1.82, 2.24) is 19.9 Å². The van der Waals surface area contributed by atoms with Crippen molar-refractivity contribution in [2.45, 2.75) is 46.2 Å². The molecule has 0 aliphatic rings. The van der Waals surface area contributed by atoms with Crippen molar-refractivity contribution >= 4 is 0 Å². The molecule has 0 amide bonds. The summed E-state index contributed by atoms with van der Waals surface area (Å²) in [7, 11) is 0. The third-order valence-electron chi connectivity index (χ3n) is 2.68. The molecule has 0 aromatic carbocycles. The van der Waals surface area contributed by atoms with E-state index in [-0.39, 0.29) is 6.04 Å². The van der Waals surface area contributed by atoms with E-state index >= 15 is 0 Å². The maximum atomic E-state index is 5.71. The zero-order valence-electron chi connectivity index (χ0n) is 11.1. The Labute approximate surface area is 106 Å². The van der Waals surface area contributed by atoms with Gasteiger partial charge in [-0.3, -0.25) is 4.68 Å². The van der Waals surface area contributed by atoms with Crippen molar-refractivity contribution in [3.05, 3.63) is 17.6 Å². The molecular formula is C12H19N5O. The molecule has 0 fully saturated rings. The number of nitrogens with two attached hydrogens (primary N) is 1. The molecule has 2 heterocycles. The summed E-state index contributed by atoms with van der Waals surface area (Å²) in [6.45, 7) is 6.80. The summed E-state index contributed by atoms with van der Waals surface area (Å²) >= 11 is 0. The molecule has 0 aliphatic carbocycles. The van der Waals surface area contributed by atoms with Crippen LogP contribution in [0.2, 0.25) is 0 Å². The lowest BCUT2D eigenvalue weighted by atomic mass is 10.2. The Morgan fingerprint density at radius 3 is 2.83 bits per heavy atom. The first kappa shape index (κ1) is 12.8. The number of hydrogen-bond donors (Lipinski definition) is 1. The van der Waals surface area contributed by atoms with Crippen LogP contribution in [0.15, 0.2) is 10.6 Å². The van der Waals surface area contributed by atoms with Crippen molar-refractivity contribution in [2.75, 3.05) is 0 Å². The Hall–Kier alpha value is -1.69. The van der Waals surface area contributed by atoms with Crippen molar-refractivity contribution < 1.29 is 4.52 Å². The molecule has 0 saturated carbocycles. The van der Waals surface area contributed by atoms with E-state index in [1.165, 1.54) is 0 Å². The van der Waals surface area contributed by atoms with Gasteiger partial charge in [-0.15, -0.1) is 0 Å². The molecule has 0 aliphatic heterocycles. The highest BCUT2D eigenvalue weighted by Gasteiger charge is 2.15. The van der Waals surface area contributed by atoms with Gasteiger partial charge in [-0.25, -0.2) is 0 Å². The van der Waals surface area contributed by atoms with Crippen molar-refractivity contribution in [1.29, 1.82) is 0 Å². The predicted octanol–water partition coefficient (Wildman–Crippen LogP) is 1.41. The van der Waals surface area contributed by atoms with Gasteiger partial charge in [-0.1, -0.05) is 12.1 Å². The van der Waals surface area contributed by atoms with Crippen LogP contribution in [0.5, 0.6) is 0 Å². The third kappa shape index (κ3) is 2.59. The van der Waals surface area contributed by atoms with Gasteiger partial charge in [0, 0.05) is 19.0 Å². The van der Waals surface area contributed by atoms with Crippen molar-refractivity contribution in [2.24, 2.45) is 5.73 Å². The molecule has 0 radical (unpaired) electrons. The smallest absolute Gasteiger partial charge is 0.276 e. The first-order chi connectivity index (χ1) is 8.63. The van der Waals surface area contributed by atoms with Gasteiger partial charge in [0.2, 0.25) is 0 Å². The second kappa shape index (κ2) is 5.30. The zero-order chi connectivity index (χ0) is 13.1. The Morgan fingerprint density at radius 1 is 1.44 bits per heavy atom. The van der Waals surface area contributed by atoms with E-state index in [0.717, 1.165) is 24.4 Å². The number of hydrogen-bond acceptors (Lipinski definition) is 5. The fourth-order valence-corrected chi connectivity index (χ4v) is 1.78. The fourth-order valence-electron chi connectivity index (χ4n) is 1.78. The molecule has 98 valence electrons. The minimum absolute atomic E-state index is 0.0257. The predicted molar refractivity (Wildman–Crippen MR) is 67.9 cm³/mol. The van der Waals surface area contributed by atoms with E-state index < -0.39 is 0 Å². The molecule has 6 heteroatoms. The molecule has 0 bridgehead atoms. The van der Waals surface area contributed by atoms with Gasteiger partial charge in [0.25, 0.3) is 5.89 Å². The Balaban J connectivity index is 2.30. The van der Waals surface area contributed by atoms with Gasteiger partial charge in [0.15, 0.2) is 5.82 Å². The van der Waals surface area contributed by atoms with Crippen molar-refractivity contribution in [3.63, 3.8) is 0 Å². The highest BCUT2D eigenvalue weighted by molar-refractivity contribution is 5.48. The average Bonchev–Trinajstić information content (AvgIpc) is 2.93. The fraction of sp³-hybridized carbons (Fsp3) is 0.583. The quantitative estimate of drug-likeness (QED) is 0.866. The van der Waals surface area contributed by atoms with Crippen LogP contribution >= 0.6 is 0 Å². The van der Waals surface area contributed by atoms with Gasteiger partial charge in [0.1, 0.15) is 5.69 Å². The zero-order valence-corrected chi connectivity index (χ0v) is 11.1. The molecule has 0 spiro atoms. The lowest BCUT2D eigenvalue weighted by Gasteiger charge is -1.98. The maximum Gasteiger partial charge on any atom is 0.276 e. The number of aromatic nitrogens is 4. The maximum absolute atomic E-state index is 5.71. The van der Waals surface area contributed by atoms with Gasteiger partial charge < -0.3 is 10.3 Å². The lowest BCUT2D eigenvalue weighted by Crippen LogP contribution is -2.18. The Bertz CT molecular complexity index is 514. The van der Waals surface area contributed by atoms with Crippen LogP contribution in [0.4, 0.5) is 0 Å². The monoisotopic (exact) mass is 249 g/mol. The van der Waals surface area contributed by atoms with Crippen LogP contribution in [-0.2, 0) is 19.4 Å². The highest BCUT2D eigenvalue weighted by Crippen LogP contribution is 2.19. The molecule has 2 rings (SSSR count). The minimum Gasteiger partial charge on any atom is -0.332 e. The van der Waals surface area contributed by atoms with Crippen molar-refractivity contribution in [3.8, 4) is 11.6 Å². The molecule has 2 N–H and O–H groups in total. The van der Waals surface area contributed by atoms with E-state index in [4.69, 9.17) is 10.3 Å². The Kier molecular flexibility index (Phi) is 3.76. The third-order valence-corrected chi connectivity index (χ3v) is 2.68. The largest absolute Gasteiger partial charge is 0.332 e. The van der Waals surface area contributed by atoms with E-state index in [0.29, 0.717) is 18.1 Å². The first-order valence-electron chi connectivity index (χ1n) is 6.29. The van der Waals surface area contributed by atoms with E-state index in [9.17, 15) is 0 Å². The van der Waals surface area contributed by atoms with Crippen LogP contribution in [0.1, 0.15) is 32.3 Å². The van der Waals surface area contributed by atoms with Crippen LogP contribution in [0.3, 0.4) is 0 Å². The highest BCUT2D eigenvalue weighted by atomic mass is 16.5. The molecule has 2 aromatic rings. The Morgan fingerprint density at radius 2 is 2.22 bits per heavy atom. The number of aryl methyl sites for hydroxylation is 2. The first-order valence-corrected chi connectivity index (χ1v) is 6.29. The normalized spacial score (nSPS) is 12.9. The van der Waals surface area contributed by atoms with Crippen LogP contribution in [0, 0.1) is 0 Å². The van der Waals surface area contributed by atoms with E-state index in [1.807, 2.05) is 24.6 Å². The van der Waals surface area contributed by atoms with E-state index in [1.54, 1.807) is 0 Å². The SMILES string of the molecule is CCc1cc(-c2nc(CC(C)N)no2)n(CC)n1. The standard InChI is InChI=1S/C12H19N5O/c1-4-9-7-10(17(5-2)15-9)12-14-11(16-18-12)6-8(3)13/h7-8H,4-6,13H2,1-3H3. The summed E-state index contributed by atoms with van der Waals surface area (Å²) in [5, 5.41) is 8.39. The number of rotatable bonds is 5. The molecule has 1 unspecified atom stereocenters. The van der Waals surface area contributed by atoms with Gasteiger partial charge >= 0.3 is 0 Å². The summed E-state index contributed by atoms with van der Waals surface area (Å²) < 4.78 is 7.15. The second-order valence-electron chi connectivity index (χ2n) is 4.39. The molecule has 18 heavy (non-hydrogen) atoms. The summed E-state index contributed by atoms with van der Waals surface area (Å²) in [5.74, 6) is 1.15. The summed E-state index contributed by atoms with van der Waals surface area (Å²) in [6, 6.07) is 2.02. The molecule has 0 saturated heterocycles. The second-order valence-corrected chi connectivity index (χ2v) is 4.39. The van der Waals surface area contributed by atoms with Gasteiger partial charge in [-0.05, 0) is 26.3 Å². The van der Waals surface area contributed by atoms with Crippen LogP contribution in [0.25, 0.3) is 11.6 Å². The molecule has 1 atom stereocenters. The minimum atomic E-state index is 0.0257. The summed E-state index contributed by atoms with van der Waals surface area (Å²) in [6.07, 6.45) is 1.51. The summed E-state index contributed by atoms with van der Waals surface area (Å²) in [4.78, 5) is 4.36. The average molecular weight is 249 g/mol. The number of nitrogens with zero attached hydrogens (tertiary/aromatic N) is 4. The molecular weight excluding hydrogens is 230 g/mol. The molecule has 6 nitrogen and oxygen atoms in total.